The van der Waals surface area contributed by atoms with Crippen LogP contribution in [0.25, 0.3) is 0 Å². The number of hydrogen-bond acceptors (Lipinski definition) is 5. The molecule has 0 aliphatic rings. The van der Waals surface area contributed by atoms with Crippen molar-refractivity contribution < 1.29 is 4.74 Å². The highest BCUT2D eigenvalue weighted by Crippen LogP contribution is 2.13. The van der Waals surface area contributed by atoms with Crippen molar-refractivity contribution in [2.75, 3.05) is 32.1 Å². The van der Waals surface area contributed by atoms with Crippen LogP contribution >= 0.6 is 0 Å². The van der Waals surface area contributed by atoms with Gasteiger partial charge in [0.1, 0.15) is 0 Å². The van der Waals surface area contributed by atoms with E-state index in [-0.39, 0.29) is 6.10 Å². The third kappa shape index (κ3) is 4.87. The number of nitrogens with zero attached hydrogens (tertiary/aromatic N) is 3. The van der Waals surface area contributed by atoms with E-state index < -0.39 is 0 Å². The summed E-state index contributed by atoms with van der Waals surface area (Å²) in [5, 5.41) is 3.17. The van der Waals surface area contributed by atoms with Gasteiger partial charge in [0, 0.05) is 25.9 Å². The minimum absolute atomic E-state index is 0.126. The zero-order valence-electron chi connectivity index (χ0n) is 12.0. The fourth-order valence-electron chi connectivity index (χ4n) is 1.79. The van der Waals surface area contributed by atoms with Gasteiger partial charge in [-0.25, -0.2) is 4.98 Å². The van der Waals surface area contributed by atoms with E-state index in [1.807, 2.05) is 27.9 Å². The number of hydrogen-bond donors (Lipinski definition) is 1. The van der Waals surface area contributed by atoms with Gasteiger partial charge in [-0.3, -0.25) is 0 Å². The van der Waals surface area contributed by atoms with E-state index in [0.717, 1.165) is 13.1 Å². The molecule has 1 aromatic rings. The van der Waals surface area contributed by atoms with Crippen LogP contribution in [-0.4, -0.2) is 43.3 Å². The van der Waals surface area contributed by atoms with Gasteiger partial charge in [0.15, 0.2) is 0 Å². The summed E-state index contributed by atoms with van der Waals surface area (Å²) in [5.41, 5.74) is 0. The Morgan fingerprint density at radius 1 is 1.39 bits per heavy atom. The summed E-state index contributed by atoms with van der Waals surface area (Å²) in [6.45, 7) is 8.06. The van der Waals surface area contributed by atoms with E-state index in [9.17, 15) is 0 Å². The normalized spacial score (nSPS) is 12.6. The van der Waals surface area contributed by atoms with Gasteiger partial charge in [0.2, 0.25) is 11.8 Å². The SMILES string of the molecule is CNCC(C)CN(C)c1nccc(OC(C)C)n1. The first-order chi connectivity index (χ1) is 8.52. The second-order valence-electron chi connectivity index (χ2n) is 4.90. The maximum atomic E-state index is 5.57. The second-order valence-corrected chi connectivity index (χ2v) is 4.90. The lowest BCUT2D eigenvalue weighted by molar-refractivity contribution is 0.232. The Bertz CT molecular complexity index is 357. The third-order valence-electron chi connectivity index (χ3n) is 2.45. The number of nitrogens with one attached hydrogen (secondary N) is 1. The van der Waals surface area contributed by atoms with Crippen LogP contribution in [0.15, 0.2) is 12.3 Å². The predicted octanol–water partition coefficient (Wildman–Crippen LogP) is 1.56. The zero-order chi connectivity index (χ0) is 13.5. The largest absolute Gasteiger partial charge is 0.475 e. The molecule has 0 aliphatic carbocycles. The molecule has 5 nitrogen and oxygen atoms in total. The van der Waals surface area contributed by atoms with E-state index in [1.54, 1.807) is 12.3 Å². The van der Waals surface area contributed by atoms with Crippen molar-refractivity contribution in [3.63, 3.8) is 0 Å². The van der Waals surface area contributed by atoms with Gasteiger partial charge in [-0.15, -0.1) is 0 Å². The highest BCUT2D eigenvalue weighted by molar-refractivity contribution is 5.30. The molecule has 0 aliphatic heterocycles. The van der Waals surface area contributed by atoms with Gasteiger partial charge >= 0.3 is 0 Å². The van der Waals surface area contributed by atoms with E-state index in [1.165, 1.54) is 0 Å². The van der Waals surface area contributed by atoms with Crippen LogP contribution in [0.5, 0.6) is 5.88 Å². The third-order valence-corrected chi connectivity index (χ3v) is 2.45. The maximum Gasteiger partial charge on any atom is 0.228 e. The molecule has 0 saturated heterocycles. The summed E-state index contributed by atoms with van der Waals surface area (Å²) in [7, 11) is 3.96. The molecule has 1 heterocycles. The lowest BCUT2D eigenvalue weighted by atomic mass is 10.2. The number of rotatable bonds is 7. The number of anilines is 1. The van der Waals surface area contributed by atoms with E-state index >= 15 is 0 Å². The van der Waals surface area contributed by atoms with Gasteiger partial charge in [-0.2, -0.15) is 4.98 Å². The van der Waals surface area contributed by atoms with Crippen LogP contribution < -0.4 is 15.0 Å². The van der Waals surface area contributed by atoms with Crippen molar-refractivity contribution in [3.05, 3.63) is 12.3 Å². The summed E-state index contributed by atoms with van der Waals surface area (Å²) < 4.78 is 5.57. The Kier molecular flexibility index (Phi) is 5.85. The molecular weight excluding hydrogens is 228 g/mol. The average Bonchev–Trinajstić information content (AvgIpc) is 2.28. The standard InChI is InChI=1S/C13H24N4O/c1-10(2)18-12-6-7-15-13(16-12)17(5)9-11(3)8-14-4/h6-7,10-11,14H,8-9H2,1-5H3. The molecule has 0 spiro atoms. The van der Waals surface area contributed by atoms with Crippen LogP contribution in [0.1, 0.15) is 20.8 Å². The summed E-state index contributed by atoms with van der Waals surface area (Å²) in [4.78, 5) is 10.7. The molecule has 1 aromatic heterocycles. The fourth-order valence-corrected chi connectivity index (χ4v) is 1.79. The van der Waals surface area contributed by atoms with Crippen molar-refractivity contribution in [3.8, 4) is 5.88 Å². The quantitative estimate of drug-likeness (QED) is 0.798. The maximum absolute atomic E-state index is 5.57. The van der Waals surface area contributed by atoms with Gasteiger partial charge in [-0.05, 0) is 33.4 Å². The fraction of sp³-hybridized carbons (Fsp3) is 0.692. The number of aromatic nitrogens is 2. The molecule has 0 amide bonds. The first-order valence-electron chi connectivity index (χ1n) is 6.38. The molecule has 0 fully saturated rings. The molecule has 0 saturated carbocycles. The molecule has 1 unspecified atom stereocenters. The van der Waals surface area contributed by atoms with Gasteiger partial charge in [0.05, 0.1) is 6.10 Å². The van der Waals surface area contributed by atoms with Crippen LogP contribution in [0.3, 0.4) is 0 Å². The molecule has 0 aromatic carbocycles. The minimum atomic E-state index is 0.126. The van der Waals surface area contributed by atoms with Crippen molar-refractivity contribution >= 4 is 5.95 Å². The predicted molar refractivity (Wildman–Crippen MR) is 74.2 cm³/mol. The van der Waals surface area contributed by atoms with Gasteiger partial charge < -0.3 is 15.0 Å². The molecular formula is C13H24N4O. The first kappa shape index (κ1) is 14.7. The molecule has 102 valence electrons. The van der Waals surface area contributed by atoms with Crippen molar-refractivity contribution in [1.82, 2.24) is 15.3 Å². The monoisotopic (exact) mass is 252 g/mol. The van der Waals surface area contributed by atoms with Crippen molar-refractivity contribution in [2.45, 2.75) is 26.9 Å². The van der Waals surface area contributed by atoms with Crippen LogP contribution in [-0.2, 0) is 0 Å². The Morgan fingerprint density at radius 3 is 2.72 bits per heavy atom. The molecule has 1 rings (SSSR count). The lowest BCUT2D eigenvalue weighted by Gasteiger charge is -2.21. The minimum Gasteiger partial charge on any atom is -0.475 e. The summed E-state index contributed by atoms with van der Waals surface area (Å²) in [6.07, 6.45) is 1.86. The lowest BCUT2D eigenvalue weighted by Crippen LogP contribution is -2.30. The molecule has 1 N–H and O–H groups in total. The Morgan fingerprint density at radius 2 is 2.11 bits per heavy atom. The van der Waals surface area contributed by atoms with Gasteiger partial charge in [-0.1, -0.05) is 6.92 Å². The van der Waals surface area contributed by atoms with E-state index in [0.29, 0.717) is 17.7 Å². The van der Waals surface area contributed by atoms with Crippen molar-refractivity contribution in [2.24, 2.45) is 5.92 Å². The summed E-state index contributed by atoms with van der Waals surface area (Å²) >= 11 is 0. The topological polar surface area (TPSA) is 50.3 Å². The summed E-state index contributed by atoms with van der Waals surface area (Å²) in [6, 6.07) is 1.79. The summed E-state index contributed by atoms with van der Waals surface area (Å²) in [5.74, 6) is 1.87. The second kappa shape index (κ2) is 7.16. The highest BCUT2D eigenvalue weighted by atomic mass is 16.5. The zero-order valence-corrected chi connectivity index (χ0v) is 12.0. The van der Waals surface area contributed by atoms with Crippen LogP contribution in [0, 0.1) is 5.92 Å². The van der Waals surface area contributed by atoms with E-state index in [2.05, 4.69) is 27.1 Å². The van der Waals surface area contributed by atoms with Crippen molar-refractivity contribution in [1.29, 1.82) is 0 Å². The smallest absolute Gasteiger partial charge is 0.228 e. The molecule has 0 radical (unpaired) electrons. The van der Waals surface area contributed by atoms with E-state index in [4.69, 9.17) is 4.74 Å². The van der Waals surface area contributed by atoms with Crippen LogP contribution in [0.2, 0.25) is 0 Å². The average molecular weight is 252 g/mol. The first-order valence-corrected chi connectivity index (χ1v) is 6.38. The Labute approximate surface area is 110 Å². The van der Waals surface area contributed by atoms with Crippen LogP contribution in [0.4, 0.5) is 5.95 Å². The highest BCUT2D eigenvalue weighted by Gasteiger charge is 2.10. The Hall–Kier alpha value is -1.36. The molecule has 5 heteroatoms. The molecule has 1 atom stereocenters. The molecule has 18 heavy (non-hydrogen) atoms. The Balaban J connectivity index is 2.64. The number of ether oxygens (including phenoxy) is 1. The van der Waals surface area contributed by atoms with Gasteiger partial charge in [0.25, 0.3) is 0 Å². The molecule has 0 bridgehead atoms.